The van der Waals surface area contributed by atoms with Crippen LogP contribution in [0.4, 0.5) is 37.7 Å². The van der Waals surface area contributed by atoms with Crippen LogP contribution in [0.1, 0.15) is 35.1 Å². The molecule has 0 unspecified atom stereocenters. The van der Waals surface area contributed by atoms with Gasteiger partial charge in [-0.3, -0.25) is 9.59 Å². The molecule has 2 amide bonds. The summed E-state index contributed by atoms with van der Waals surface area (Å²) >= 11 is 0. The van der Waals surface area contributed by atoms with Gasteiger partial charge in [0.05, 0.1) is 11.4 Å². The molecule has 4 rings (SSSR count). The van der Waals surface area contributed by atoms with Crippen molar-refractivity contribution < 1.29 is 46.1 Å². The van der Waals surface area contributed by atoms with Crippen LogP contribution in [-0.4, -0.2) is 34.4 Å². The first-order valence-corrected chi connectivity index (χ1v) is 13.7. The molecular formula is C33H28F6N2O4. The highest BCUT2D eigenvalue weighted by Crippen LogP contribution is 2.57. The van der Waals surface area contributed by atoms with Gasteiger partial charge < -0.3 is 20.8 Å². The molecule has 4 aromatic rings. The molecule has 45 heavy (non-hydrogen) atoms. The average molecular weight is 631 g/mol. The Morgan fingerprint density at radius 1 is 0.556 bits per heavy atom. The molecule has 0 heterocycles. The molecule has 4 aromatic carbocycles. The van der Waals surface area contributed by atoms with E-state index in [0.29, 0.717) is 36.4 Å². The summed E-state index contributed by atoms with van der Waals surface area (Å²) in [4.78, 5) is 25.1. The number of aryl methyl sites for hydroxylation is 2. The molecule has 0 spiro atoms. The lowest BCUT2D eigenvalue weighted by atomic mass is 9.72. The Morgan fingerprint density at radius 3 is 1.24 bits per heavy atom. The van der Waals surface area contributed by atoms with Crippen molar-refractivity contribution in [2.75, 3.05) is 10.6 Å². The zero-order valence-electron chi connectivity index (χ0n) is 23.5. The Morgan fingerprint density at radius 2 is 0.911 bits per heavy atom. The van der Waals surface area contributed by atoms with E-state index in [4.69, 9.17) is 0 Å². The second-order valence-corrected chi connectivity index (χ2v) is 10.3. The number of phenolic OH excluding ortho intramolecular Hbond substituents is 2. The zero-order valence-corrected chi connectivity index (χ0v) is 23.5. The van der Waals surface area contributed by atoms with Gasteiger partial charge in [0, 0.05) is 12.8 Å². The largest absolute Gasteiger partial charge is 0.506 e. The van der Waals surface area contributed by atoms with Gasteiger partial charge in [0.25, 0.3) is 0 Å². The van der Waals surface area contributed by atoms with Gasteiger partial charge in [-0.1, -0.05) is 72.8 Å². The second-order valence-electron chi connectivity index (χ2n) is 10.3. The molecule has 0 atom stereocenters. The minimum Gasteiger partial charge on any atom is -0.506 e. The van der Waals surface area contributed by atoms with Crippen molar-refractivity contribution in [3.8, 4) is 11.5 Å². The molecule has 0 aliphatic carbocycles. The smallest absolute Gasteiger partial charge is 0.411 e. The summed E-state index contributed by atoms with van der Waals surface area (Å²) in [7, 11) is 0. The van der Waals surface area contributed by atoms with Crippen LogP contribution in [0.15, 0.2) is 97.1 Å². The third-order valence-corrected chi connectivity index (χ3v) is 7.22. The van der Waals surface area contributed by atoms with Crippen molar-refractivity contribution in [1.82, 2.24) is 0 Å². The van der Waals surface area contributed by atoms with E-state index in [0.717, 1.165) is 11.1 Å². The maximum Gasteiger partial charge on any atom is 0.411 e. The van der Waals surface area contributed by atoms with Crippen molar-refractivity contribution in [1.29, 1.82) is 0 Å². The normalized spacial score (nSPS) is 12.0. The Hall–Kier alpha value is -5.00. The lowest BCUT2D eigenvalue weighted by Gasteiger charge is -2.38. The van der Waals surface area contributed by atoms with E-state index in [-0.39, 0.29) is 25.7 Å². The number of hydrogen-bond acceptors (Lipinski definition) is 4. The van der Waals surface area contributed by atoms with Crippen molar-refractivity contribution in [2.24, 2.45) is 0 Å². The Balaban J connectivity index is 1.69. The van der Waals surface area contributed by atoms with Gasteiger partial charge in [0.2, 0.25) is 17.2 Å². The number of alkyl halides is 6. The fourth-order valence-electron chi connectivity index (χ4n) is 4.95. The van der Waals surface area contributed by atoms with Crippen LogP contribution < -0.4 is 10.6 Å². The van der Waals surface area contributed by atoms with Crippen LogP contribution in [0.2, 0.25) is 0 Å². The highest BCUT2D eigenvalue weighted by molar-refractivity contribution is 5.93. The SMILES string of the molecule is O=C(CCc1ccccc1)Nc1cc(C(c2ccc(O)c(NC(=O)CCc3ccccc3)c2)(C(F)(F)F)C(F)(F)F)ccc1O. The van der Waals surface area contributed by atoms with E-state index in [9.17, 15) is 46.1 Å². The molecule has 0 aliphatic rings. The number of anilines is 2. The van der Waals surface area contributed by atoms with Gasteiger partial charge in [-0.2, -0.15) is 26.3 Å². The summed E-state index contributed by atoms with van der Waals surface area (Å²) in [5.41, 5.74) is -7.16. The third-order valence-electron chi connectivity index (χ3n) is 7.22. The molecule has 0 bridgehead atoms. The molecule has 0 saturated carbocycles. The first-order chi connectivity index (χ1) is 21.2. The van der Waals surface area contributed by atoms with Crippen LogP contribution in [0, 0.1) is 0 Å². The zero-order chi connectivity index (χ0) is 32.8. The van der Waals surface area contributed by atoms with E-state index < -0.39 is 63.6 Å². The molecule has 4 N–H and O–H groups in total. The predicted molar refractivity (Wildman–Crippen MR) is 156 cm³/mol. The molecule has 0 aliphatic heterocycles. The van der Waals surface area contributed by atoms with Gasteiger partial charge in [-0.05, 0) is 59.4 Å². The molecule has 0 radical (unpaired) electrons. The maximum atomic E-state index is 14.8. The second kappa shape index (κ2) is 13.3. The fraction of sp³-hybridized carbons (Fsp3) is 0.212. The number of halogens is 6. The monoisotopic (exact) mass is 630 g/mol. The lowest BCUT2D eigenvalue weighted by molar-refractivity contribution is -0.288. The molecule has 0 aromatic heterocycles. The molecule has 0 fully saturated rings. The number of amides is 2. The van der Waals surface area contributed by atoms with Crippen molar-refractivity contribution in [2.45, 2.75) is 43.5 Å². The third kappa shape index (κ3) is 7.39. The Labute approximate surface area is 254 Å². The molecule has 0 saturated heterocycles. The van der Waals surface area contributed by atoms with E-state index >= 15 is 0 Å². The summed E-state index contributed by atoms with van der Waals surface area (Å²) in [5.74, 6) is -2.99. The highest BCUT2D eigenvalue weighted by atomic mass is 19.4. The average Bonchev–Trinajstić information content (AvgIpc) is 2.98. The van der Waals surface area contributed by atoms with Crippen LogP contribution >= 0.6 is 0 Å². The van der Waals surface area contributed by atoms with Crippen molar-refractivity contribution >= 4 is 23.2 Å². The van der Waals surface area contributed by atoms with Crippen LogP contribution in [0.25, 0.3) is 0 Å². The quantitative estimate of drug-likeness (QED) is 0.107. The standard InChI is InChI=1S/C33H28F6N2O4/c34-32(35,36)31(33(37,38)39,23-13-15-27(42)25(19-23)40-29(44)17-11-21-7-3-1-4-8-21)24-14-16-28(43)26(20-24)41-30(45)18-12-22-9-5-2-6-10-22/h1-10,13-16,19-20,42-43H,11-12,17-18H2,(H,40,44)(H,41,45). The van der Waals surface area contributed by atoms with Gasteiger partial charge in [0.1, 0.15) is 11.5 Å². The number of carbonyl (C=O) groups is 2. The summed E-state index contributed by atoms with van der Waals surface area (Å²) in [6.07, 6.45) is -11.9. The number of carbonyl (C=O) groups excluding carboxylic acids is 2. The number of rotatable bonds is 10. The first-order valence-electron chi connectivity index (χ1n) is 13.7. The summed E-state index contributed by atoms with van der Waals surface area (Å²) in [5, 5.41) is 24.9. The van der Waals surface area contributed by atoms with E-state index in [1.807, 2.05) is 0 Å². The Kier molecular flexibility index (Phi) is 9.75. The molecule has 236 valence electrons. The summed E-state index contributed by atoms with van der Waals surface area (Å²) in [6, 6.07) is 20.4. The van der Waals surface area contributed by atoms with E-state index in [2.05, 4.69) is 10.6 Å². The van der Waals surface area contributed by atoms with Gasteiger partial charge in [-0.25, -0.2) is 0 Å². The number of benzene rings is 4. The summed E-state index contributed by atoms with van der Waals surface area (Å²) in [6.45, 7) is 0. The fourth-order valence-corrected chi connectivity index (χ4v) is 4.95. The lowest BCUT2D eigenvalue weighted by Crippen LogP contribution is -2.54. The minimum atomic E-state index is -6.01. The van der Waals surface area contributed by atoms with Gasteiger partial charge in [0.15, 0.2) is 0 Å². The number of phenols is 2. The summed E-state index contributed by atoms with van der Waals surface area (Å²) < 4.78 is 89.0. The number of nitrogens with one attached hydrogen (secondary N) is 2. The van der Waals surface area contributed by atoms with Gasteiger partial charge >= 0.3 is 12.4 Å². The Bertz CT molecular complexity index is 1520. The molecule has 12 heteroatoms. The van der Waals surface area contributed by atoms with E-state index in [1.165, 1.54) is 0 Å². The first kappa shape index (κ1) is 32.9. The number of hydrogen-bond donors (Lipinski definition) is 4. The van der Waals surface area contributed by atoms with Crippen molar-refractivity contribution in [3.63, 3.8) is 0 Å². The highest BCUT2D eigenvalue weighted by Gasteiger charge is 2.72. The van der Waals surface area contributed by atoms with Crippen molar-refractivity contribution in [3.05, 3.63) is 119 Å². The number of aromatic hydroxyl groups is 2. The van der Waals surface area contributed by atoms with Gasteiger partial charge in [-0.15, -0.1) is 0 Å². The topological polar surface area (TPSA) is 98.7 Å². The van der Waals surface area contributed by atoms with Crippen LogP contribution in [-0.2, 0) is 27.8 Å². The van der Waals surface area contributed by atoms with Crippen LogP contribution in [0.3, 0.4) is 0 Å². The predicted octanol–water partition coefficient (Wildman–Crippen LogP) is 7.65. The van der Waals surface area contributed by atoms with E-state index in [1.54, 1.807) is 60.7 Å². The minimum absolute atomic E-state index is 0.164. The molecule has 6 nitrogen and oxygen atoms in total. The maximum absolute atomic E-state index is 14.8. The molecular weight excluding hydrogens is 602 g/mol. The van der Waals surface area contributed by atoms with Crippen LogP contribution in [0.5, 0.6) is 11.5 Å².